The zero-order valence-electron chi connectivity index (χ0n) is 13.9. The molecule has 0 spiro atoms. The van der Waals surface area contributed by atoms with Crippen LogP contribution in [0.4, 0.5) is 0 Å². The van der Waals surface area contributed by atoms with Gasteiger partial charge >= 0.3 is 0 Å². The number of aromatic nitrogens is 1. The molecule has 1 aromatic heterocycles. The zero-order chi connectivity index (χ0) is 16.4. The highest BCUT2D eigenvalue weighted by Gasteiger charge is 2.39. The lowest BCUT2D eigenvalue weighted by Crippen LogP contribution is -2.49. The van der Waals surface area contributed by atoms with Gasteiger partial charge in [0.15, 0.2) is 0 Å². The Morgan fingerprint density at radius 1 is 1.30 bits per heavy atom. The molecule has 7 nitrogen and oxygen atoms in total. The first-order chi connectivity index (χ1) is 11.0. The molecule has 0 saturated carbocycles. The fourth-order valence-corrected chi connectivity index (χ4v) is 3.39. The Labute approximate surface area is 136 Å². The molecule has 2 fully saturated rings. The van der Waals surface area contributed by atoms with Gasteiger partial charge in [0, 0.05) is 31.7 Å². The summed E-state index contributed by atoms with van der Waals surface area (Å²) in [7, 11) is 0. The van der Waals surface area contributed by atoms with Crippen molar-refractivity contribution in [1.82, 2.24) is 15.0 Å². The maximum atomic E-state index is 12.5. The standard InChI is InChI=1S/C16H25N3O4/c1-12-14(13(2)23-17-12)9-15(20)19-4-3-16(21,11-19)10-18-5-7-22-8-6-18/h21H,3-11H2,1-2H3/t16-/m1/s1. The number of aryl methyl sites for hydroxylation is 2. The van der Waals surface area contributed by atoms with E-state index in [-0.39, 0.29) is 12.3 Å². The van der Waals surface area contributed by atoms with Crippen LogP contribution in [0.25, 0.3) is 0 Å². The molecule has 2 aliphatic heterocycles. The second-order valence-electron chi connectivity index (χ2n) is 6.66. The maximum absolute atomic E-state index is 12.5. The second kappa shape index (κ2) is 6.59. The van der Waals surface area contributed by atoms with Crippen LogP contribution in [0, 0.1) is 13.8 Å². The lowest BCUT2D eigenvalue weighted by atomic mass is 10.0. The normalized spacial score (nSPS) is 26.0. The Hall–Kier alpha value is -1.44. The summed E-state index contributed by atoms with van der Waals surface area (Å²) in [6.07, 6.45) is 0.909. The molecule has 0 radical (unpaired) electrons. The van der Waals surface area contributed by atoms with Gasteiger partial charge in [-0.2, -0.15) is 0 Å². The smallest absolute Gasteiger partial charge is 0.227 e. The van der Waals surface area contributed by atoms with Crippen molar-refractivity contribution in [3.8, 4) is 0 Å². The molecule has 1 aromatic rings. The van der Waals surface area contributed by atoms with Crippen molar-refractivity contribution >= 4 is 5.91 Å². The van der Waals surface area contributed by atoms with E-state index >= 15 is 0 Å². The van der Waals surface area contributed by atoms with E-state index in [4.69, 9.17) is 9.26 Å². The van der Waals surface area contributed by atoms with Crippen molar-refractivity contribution in [2.45, 2.75) is 32.3 Å². The molecule has 3 rings (SSSR count). The minimum Gasteiger partial charge on any atom is -0.387 e. The first-order valence-electron chi connectivity index (χ1n) is 8.19. The average Bonchev–Trinajstić information content (AvgIpc) is 3.06. The maximum Gasteiger partial charge on any atom is 0.227 e. The summed E-state index contributed by atoms with van der Waals surface area (Å²) in [5.41, 5.74) is 0.809. The number of carbonyl (C=O) groups excluding carboxylic acids is 1. The van der Waals surface area contributed by atoms with E-state index in [1.54, 1.807) is 4.90 Å². The average molecular weight is 323 g/mol. The first kappa shape index (κ1) is 16.4. The van der Waals surface area contributed by atoms with Gasteiger partial charge in [-0.05, 0) is 20.3 Å². The third kappa shape index (κ3) is 3.73. The molecule has 0 unspecified atom stereocenters. The van der Waals surface area contributed by atoms with E-state index in [1.165, 1.54) is 0 Å². The van der Waals surface area contributed by atoms with Crippen LogP contribution in [0.5, 0.6) is 0 Å². The SMILES string of the molecule is Cc1noc(C)c1CC(=O)N1CC[C@@](O)(CN2CCOCC2)C1. The minimum absolute atomic E-state index is 0.0253. The molecule has 3 heterocycles. The molecule has 1 amide bonds. The number of rotatable bonds is 4. The van der Waals surface area contributed by atoms with E-state index in [2.05, 4.69) is 10.1 Å². The number of nitrogens with zero attached hydrogens (tertiary/aromatic N) is 3. The fraction of sp³-hybridized carbons (Fsp3) is 0.750. The van der Waals surface area contributed by atoms with Gasteiger partial charge in [-0.1, -0.05) is 5.16 Å². The highest BCUT2D eigenvalue weighted by molar-refractivity contribution is 5.79. The van der Waals surface area contributed by atoms with Crippen molar-refractivity contribution in [2.24, 2.45) is 0 Å². The number of carbonyl (C=O) groups is 1. The summed E-state index contributed by atoms with van der Waals surface area (Å²) in [5.74, 6) is 0.718. The summed E-state index contributed by atoms with van der Waals surface area (Å²) in [6.45, 7) is 8.38. The van der Waals surface area contributed by atoms with Crippen LogP contribution in [-0.2, 0) is 16.0 Å². The first-order valence-corrected chi connectivity index (χ1v) is 8.19. The number of morpholine rings is 1. The fourth-order valence-electron chi connectivity index (χ4n) is 3.39. The molecule has 2 saturated heterocycles. The molecule has 7 heteroatoms. The van der Waals surface area contributed by atoms with Gasteiger partial charge in [0.2, 0.25) is 5.91 Å². The van der Waals surface area contributed by atoms with Crippen molar-refractivity contribution in [3.05, 3.63) is 17.0 Å². The third-order valence-corrected chi connectivity index (χ3v) is 4.82. The van der Waals surface area contributed by atoms with E-state index < -0.39 is 5.60 Å². The van der Waals surface area contributed by atoms with E-state index in [0.717, 1.165) is 24.3 Å². The number of hydrogen-bond acceptors (Lipinski definition) is 6. The second-order valence-corrected chi connectivity index (χ2v) is 6.66. The number of likely N-dealkylation sites (tertiary alicyclic amines) is 1. The van der Waals surface area contributed by atoms with Gasteiger partial charge in [-0.3, -0.25) is 9.69 Å². The van der Waals surface area contributed by atoms with Gasteiger partial charge in [0.25, 0.3) is 0 Å². The quantitative estimate of drug-likeness (QED) is 0.848. The molecule has 23 heavy (non-hydrogen) atoms. The van der Waals surface area contributed by atoms with Gasteiger partial charge in [0.1, 0.15) is 5.76 Å². The van der Waals surface area contributed by atoms with Crippen LogP contribution < -0.4 is 0 Å². The van der Waals surface area contributed by atoms with E-state index in [0.29, 0.717) is 45.0 Å². The third-order valence-electron chi connectivity index (χ3n) is 4.82. The number of hydrogen-bond donors (Lipinski definition) is 1. The van der Waals surface area contributed by atoms with Gasteiger partial charge < -0.3 is 19.3 Å². The van der Waals surface area contributed by atoms with Crippen molar-refractivity contribution in [3.63, 3.8) is 0 Å². The molecule has 1 atom stereocenters. The number of amides is 1. The van der Waals surface area contributed by atoms with E-state index in [9.17, 15) is 9.90 Å². The topological polar surface area (TPSA) is 79.0 Å². The Kier molecular flexibility index (Phi) is 4.70. The Morgan fingerprint density at radius 3 is 2.70 bits per heavy atom. The predicted molar refractivity (Wildman–Crippen MR) is 83.1 cm³/mol. The molecule has 0 bridgehead atoms. The summed E-state index contributed by atoms with van der Waals surface area (Å²) < 4.78 is 10.4. The highest BCUT2D eigenvalue weighted by Crippen LogP contribution is 2.24. The molecule has 1 N–H and O–H groups in total. The van der Waals surface area contributed by atoms with Crippen LogP contribution in [0.15, 0.2) is 4.52 Å². The molecule has 2 aliphatic rings. The van der Waals surface area contributed by atoms with Crippen LogP contribution in [0.2, 0.25) is 0 Å². The largest absolute Gasteiger partial charge is 0.387 e. The molecule has 0 aromatic carbocycles. The summed E-state index contributed by atoms with van der Waals surface area (Å²) in [6, 6.07) is 0. The van der Waals surface area contributed by atoms with Crippen molar-refractivity contribution in [2.75, 3.05) is 45.9 Å². The van der Waals surface area contributed by atoms with Crippen LogP contribution >= 0.6 is 0 Å². The Bertz CT molecular complexity index is 548. The van der Waals surface area contributed by atoms with Crippen LogP contribution in [0.3, 0.4) is 0 Å². The number of ether oxygens (including phenoxy) is 1. The monoisotopic (exact) mass is 323 g/mol. The molecular formula is C16H25N3O4. The summed E-state index contributed by atoms with van der Waals surface area (Å²) in [5, 5.41) is 14.7. The molecule has 128 valence electrons. The van der Waals surface area contributed by atoms with Crippen molar-refractivity contribution < 1.29 is 19.2 Å². The Morgan fingerprint density at radius 2 is 2.04 bits per heavy atom. The lowest BCUT2D eigenvalue weighted by Gasteiger charge is -2.33. The number of aliphatic hydroxyl groups is 1. The van der Waals surface area contributed by atoms with Crippen LogP contribution in [0.1, 0.15) is 23.4 Å². The lowest BCUT2D eigenvalue weighted by molar-refractivity contribution is -0.130. The highest BCUT2D eigenvalue weighted by atomic mass is 16.5. The van der Waals surface area contributed by atoms with Gasteiger partial charge in [0.05, 0.1) is 37.5 Å². The molecule has 0 aliphatic carbocycles. The molecular weight excluding hydrogens is 298 g/mol. The number of β-amino-alcohol motifs (C(OH)–C–C–N with tert-alkyl or cyclic N) is 1. The Balaban J connectivity index is 1.57. The van der Waals surface area contributed by atoms with Crippen LogP contribution in [-0.4, -0.2) is 77.5 Å². The minimum atomic E-state index is -0.814. The van der Waals surface area contributed by atoms with Gasteiger partial charge in [-0.15, -0.1) is 0 Å². The van der Waals surface area contributed by atoms with Gasteiger partial charge in [-0.25, -0.2) is 0 Å². The summed E-state index contributed by atoms with van der Waals surface area (Å²) >= 11 is 0. The predicted octanol–water partition coefficient (Wildman–Crippen LogP) is 0.130. The summed E-state index contributed by atoms with van der Waals surface area (Å²) in [4.78, 5) is 16.5. The van der Waals surface area contributed by atoms with Crippen molar-refractivity contribution in [1.29, 1.82) is 0 Å². The van der Waals surface area contributed by atoms with E-state index in [1.807, 2.05) is 13.8 Å². The zero-order valence-corrected chi connectivity index (χ0v) is 13.9.